The van der Waals surface area contributed by atoms with Crippen molar-refractivity contribution in [2.75, 3.05) is 0 Å². The van der Waals surface area contributed by atoms with E-state index < -0.39 is 7.85 Å². The summed E-state index contributed by atoms with van der Waals surface area (Å²) in [6.45, 7) is 0. The first-order valence-corrected chi connectivity index (χ1v) is 4.39. The van der Waals surface area contributed by atoms with Crippen molar-refractivity contribution < 1.29 is 0 Å². The van der Waals surface area contributed by atoms with E-state index >= 15 is 0 Å². The highest BCUT2D eigenvalue weighted by molar-refractivity contribution is 7.54. The minimum atomic E-state index is -1.13. The first kappa shape index (κ1) is 5.74. The average molecular weight is 152 g/mol. The normalized spacial score (nSPS) is 27.8. The predicted octanol–water partition coefficient (Wildman–Crippen LogP) is 0.428. The van der Waals surface area contributed by atoms with E-state index in [2.05, 4.69) is 25.8 Å². The van der Waals surface area contributed by atoms with E-state index in [1.165, 1.54) is 6.34 Å². The topological polar surface area (TPSA) is 49.4 Å². The molecule has 0 saturated carbocycles. The summed E-state index contributed by atoms with van der Waals surface area (Å²) in [4.78, 5) is 7.85. The van der Waals surface area contributed by atoms with Crippen molar-refractivity contribution >= 4 is 38.2 Å². The molecule has 0 bridgehead atoms. The van der Waals surface area contributed by atoms with Crippen LogP contribution in [0, 0.1) is 0 Å². The van der Waals surface area contributed by atoms with Crippen LogP contribution in [0.4, 0.5) is 0 Å². The molecule has 0 aliphatic carbocycles. The van der Waals surface area contributed by atoms with E-state index in [4.69, 9.17) is 0 Å². The number of hydrogen-bond acceptors (Lipinski definition) is 4. The molecule has 1 atom stereocenters. The van der Waals surface area contributed by atoms with Gasteiger partial charge in [0.25, 0.3) is 0 Å². The van der Waals surface area contributed by atoms with Gasteiger partial charge in [0, 0.05) is 0 Å². The van der Waals surface area contributed by atoms with Crippen LogP contribution in [0.2, 0.25) is 0 Å². The summed E-state index contributed by atoms with van der Waals surface area (Å²) in [6.07, 6.45) is 6.92. The van der Waals surface area contributed by atoms with Crippen molar-refractivity contribution in [3.05, 3.63) is 0 Å². The van der Waals surface area contributed by atoms with Gasteiger partial charge in [0.15, 0.2) is 5.84 Å². The summed E-state index contributed by atoms with van der Waals surface area (Å²) in [5, 5.41) is 0. The van der Waals surface area contributed by atoms with Crippen LogP contribution in [-0.4, -0.2) is 30.4 Å². The minimum Gasteiger partial charge on any atom is -0.250 e. The molecular weight excluding hydrogens is 147 g/mol. The van der Waals surface area contributed by atoms with Crippen molar-refractivity contribution in [2.45, 2.75) is 0 Å². The van der Waals surface area contributed by atoms with Gasteiger partial charge < -0.3 is 0 Å². The molecule has 0 fully saturated rings. The smallest absolute Gasteiger partial charge is 0.181 e. The summed E-state index contributed by atoms with van der Waals surface area (Å²) in [5.41, 5.74) is 0.761. The Balaban J connectivity index is 2.51. The van der Waals surface area contributed by atoms with Crippen molar-refractivity contribution in [1.29, 1.82) is 0 Å². The van der Waals surface area contributed by atoms with Gasteiger partial charge in [-0.05, 0) is 0 Å². The van der Waals surface area contributed by atoms with Gasteiger partial charge in [0.1, 0.15) is 12.1 Å². The summed E-state index contributed by atoms with van der Waals surface area (Å²) in [7, 11) is -1.13. The zero-order valence-corrected chi connectivity index (χ0v) is 6.15. The Labute approximate surface area is 58.6 Å². The number of aliphatic imine (C=N–C) groups is 2. The molecule has 2 heterocycles. The Morgan fingerprint density at radius 2 is 2.40 bits per heavy atom. The third-order valence-corrected chi connectivity index (χ3v) is 2.07. The maximum atomic E-state index is 4.12. The Kier molecular flexibility index (Phi) is 1.14. The van der Waals surface area contributed by atoms with E-state index in [0.29, 0.717) is 5.84 Å². The fourth-order valence-corrected chi connectivity index (χ4v) is 1.48. The molecule has 50 valence electrons. The Morgan fingerprint density at radius 3 is 3.30 bits per heavy atom. The van der Waals surface area contributed by atoms with Crippen molar-refractivity contribution in [3.8, 4) is 0 Å². The minimum absolute atomic E-state index is 0.693. The lowest BCUT2D eigenvalue weighted by Gasteiger charge is -2.00. The van der Waals surface area contributed by atoms with E-state index in [1.54, 1.807) is 6.21 Å². The average Bonchev–Trinajstić information content (AvgIpc) is 2.33. The molecule has 0 N–H and O–H groups in total. The third kappa shape index (κ3) is 0.772. The van der Waals surface area contributed by atoms with Crippen LogP contribution >= 0.6 is 7.85 Å². The highest BCUT2D eigenvalue weighted by Gasteiger charge is 2.12. The molecular formula is C5H5N4P. The van der Waals surface area contributed by atoms with Gasteiger partial charge >= 0.3 is 0 Å². The third-order valence-electron chi connectivity index (χ3n) is 1.18. The van der Waals surface area contributed by atoms with Crippen LogP contribution in [0.25, 0.3) is 0 Å². The van der Waals surface area contributed by atoms with Crippen LogP contribution < -0.4 is 0 Å². The lowest BCUT2D eigenvalue weighted by molar-refractivity contribution is 1.69. The summed E-state index contributed by atoms with van der Waals surface area (Å²) < 4.78 is 8.16. The van der Waals surface area contributed by atoms with E-state index in [1.807, 2.05) is 0 Å². The molecule has 4 nitrogen and oxygen atoms in total. The van der Waals surface area contributed by atoms with Crippen LogP contribution in [0.3, 0.4) is 0 Å². The summed E-state index contributed by atoms with van der Waals surface area (Å²) in [5.74, 6) is 0.693. The molecule has 0 spiro atoms. The molecule has 5 heteroatoms. The van der Waals surface area contributed by atoms with Crippen LogP contribution in [0.15, 0.2) is 19.5 Å². The highest BCUT2D eigenvalue weighted by Crippen LogP contribution is 2.26. The number of nitrogens with zero attached hydrogens (tertiary/aromatic N) is 4. The second-order valence-corrected chi connectivity index (χ2v) is 3.18. The van der Waals surface area contributed by atoms with Crippen LogP contribution in [0.5, 0.6) is 0 Å². The highest BCUT2D eigenvalue weighted by atomic mass is 31.1. The Morgan fingerprint density at radius 1 is 1.50 bits per heavy atom. The van der Waals surface area contributed by atoms with E-state index in [0.717, 1.165) is 5.71 Å². The van der Waals surface area contributed by atoms with Crippen LogP contribution in [-0.2, 0) is 0 Å². The molecule has 2 rings (SSSR count). The zero-order chi connectivity index (χ0) is 6.97. The van der Waals surface area contributed by atoms with Gasteiger partial charge in [-0.3, -0.25) is 0 Å². The second kappa shape index (κ2) is 1.99. The molecule has 0 aromatic carbocycles. The van der Waals surface area contributed by atoms with Crippen molar-refractivity contribution in [2.24, 2.45) is 19.5 Å². The zero-order valence-electron chi connectivity index (χ0n) is 5.15. The van der Waals surface area contributed by atoms with Crippen molar-refractivity contribution in [3.63, 3.8) is 0 Å². The molecule has 0 aromatic rings. The van der Waals surface area contributed by atoms with Crippen LogP contribution in [0.1, 0.15) is 0 Å². The maximum absolute atomic E-state index is 4.12. The Hall–Kier alpha value is -1.02. The lowest BCUT2D eigenvalue weighted by Crippen LogP contribution is -2.10. The number of rotatable bonds is 0. The van der Waals surface area contributed by atoms with Gasteiger partial charge in [-0.25, -0.2) is 19.5 Å². The number of fused-ring (bicyclic) bond motifs is 1. The molecule has 0 amide bonds. The second-order valence-electron chi connectivity index (χ2n) is 1.87. The lowest BCUT2D eigenvalue weighted by atomic mass is 10.4. The molecule has 10 heavy (non-hydrogen) atoms. The largest absolute Gasteiger partial charge is 0.250 e. The monoisotopic (exact) mass is 152 g/mol. The quantitative estimate of drug-likeness (QED) is 0.452. The van der Waals surface area contributed by atoms with Gasteiger partial charge in [0.05, 0.1) is 14.1 Å². The molecule has 1 unspecified atom stereocenters. The molecule has 0 radical (unpaired) electrons. The first-order valence-electron chi connectivity index (χ1n) is 2.78. The van der Waals surface area contributed by atoms with E-state index in [-0.39, 0.29) is 0 Å². The van der Waals surface area contributed by atoms with Gasteiger partial charge in [-0.1, -0.05) is 6.30 Å². The van der Waals surface area contributed by atoms with Gasteiger partial charge in [-0.2, -0.15) is 0 Å². The molecule has 0 saturated heterocycles. The summed E-state index contributed by atoms with van der Waals surface area (Å²) >= 11 is 0. The standard InChI is InChI=1S/C5H5N4P/c1-10-8-2-4-5(9-10)7-3-6-4/h2-3,10H,1H2. The molecule has 2 aliphatic heterocycles. The molecule has 2 aliphatic rings. The Bertz CT molecular complexity index is 310. The number of hydrogen-bond donors (Lipinski definition) is 0. The fraction of sp³-hybridized carbons (Fsp3) is 0. The fourth-order valence-electron chi connectivity index (χ4n) is 0.734. The van der Waals surface area contributed by atoms with Gasteiger partial charge in [0.2, 0.25) is 0 Å². The first-order chi connectivity index (χ1) is 4.86. The summed E-state index contributed by atoms with van der Waals surface area (Å²) in [6, 6.07) is 0. The SMILES string of the molecule is C=[PH]1N=CC2=NC=NC2=N1. The predicted molar refractivity (Wildman–Crippen MR) is 47.3 cm³/mol. The van der Waals surface area contributed by atoms with Gasteiger partial charge in [-0.15, -0.1) is 0 Å². The van der Waals surface area contributed by atoms with Crippen molar-refractivity contribution in [1.82, 2.24) is 0 Å². The number of amidine groups is 1. The maximum Gasteiger partial charge on any atom is 0.181 e. The van der Waals surface area contributed by atoms with E-state index in [9.17, 15) is 0 Å². The molecule has 0 aromatic heterocycles.